The molecule has 0 bridgehead atoms. The summed E-state index contributed by atoms with van der Waals surface area (Å²) in [7, 11) is 0. The number of nitrogens with one attached hydrogen (secondary N) is 2. The van der Waals surface area contributed by atoms with E-state index in [1.165, 1.54) is 0 Å². The molecule has 15 heavy (non-hydrogen) atoms. The zero-order valence-electron chi connectivity index (χ0n) is 8.86. The first-order chi connectivity index (χ1) is 7.11. The Kier molecular flexibility index (Phi) is 4.36. The summed E-state index contributed by atoms with van der Waals surface area (Å²) in [6.07, 6.45) is 2.60. The molecule has 1 saturated carbocycles. The minimum absolute atomic E-state index is 0.00357. The quantitative estimate of drug-likeness (QED) is 0.205. The number of hydrogen-bond acceptors (Lipinski definition) is 4. The summed E-state index contributed by atoms with van der Waals surface area (Å²) in [5, 5.41) is 17.1. The van der Waals surface area contributed by atoms with Gasteiger partial charge in [-0.25, -0.2) is 0 Å². The number of carbonyl (C=O) groups is 1. The van der Waals surface area contributed by atoms with Crippen LogP contribution in [0.2, 0.25) is 0 Å². The minimum Gasteiger partial charge on any atom is -0.409 e. The van der Waals surface area contributed by atoms with Gasteiger partial charge >= 0.3 is 0 Å². The zero-order chi connectivity index (χ0) is 11.3. The molecule has 0 heterocycles. The van der Waals surface area contributed by atoms with E-state index in [2.05, 4.69) is 15.8 Å². The summed E-state index contributed by atoms with van der Waals surface area (Å²) >= 11 is 0. The molecule has 1 atom stereocenters. The van der Waals surface area contributed by atoms with Crippen molar-refractivity contribution in [3.8, 4) is 0 Å². The van der Waals surface area contributed by atoms with Crippen LogP contribution < -0.4 is 16.4 Å². The van der Waals surface area contributed by atoms with Crippen LogP contribution >= 0.6 is 0 Å². The Hall–Kier alpha value is -1.30. The van der Waals surface area contributed by atoms with E-state index in [0.717, 1.165) is 12.8 Å². The molecule has 6 heteroatoms. The zero-order valence-corrected chi connectivity index (χ0v) is 8.86. The molecule has 0 aliphatic heterocycles. The van der Waals surface area contributed by atoms with Gasteiger partial charge in [0.05, 0.1) is 6.54 Å². The van der Waals surface area contributed by atoms with Crippen LogP contribution in [0.1, 0.15) is 26.2 Å². The molecule has 0 spiro atoms. The molecule has 0 aromatic heterocycles. The molecule has 1 unspecified atom stereocenters. The van der Waals surface area contributed by atoms with Crippen LogP contribution in [0.4, 0.5) is 0 Å². The van der Waals surface area contributed by atoms with Crippen molar-refractivity contribution in [1.29, 1.82) is 0 Å². The maximum absolute atomic E-state index is 11.3. The molecule has 0 aromatic rings. The Morgan fingerprint density at radius 1 is 1.67 bits per heavy atom. The second kappa shape index (κ2) is 5.55. The van der Waals surface area contributed by atoms with E-state index in [-0.39, 0.29) is 24.3 Å². The first-order valence-electron chi connectivity index (χ1n) is 5.11. The lowest BCUT2D eigenvalue weighted by molar-refractivity contribution is -0.120. The predicted octanol–water partition coefficient (Wildman–Crippen LogP) is -0.620. The highest BCUT2D eigenvalue weighted by atomic mass is 16.4. The molecule has 86 valence electrons. The van der Waals surface area contributed by atoms with Gasteiger partial charge in [-0.05, 0) is 19.8 Å². The molecular weight excluding hydrogens is 196 g/mol. The fraction of sp³-hybridized carbons (Fsp3) is 0.778. The van der Waals surface area contributed by atoms with E-state index in [4.69, 9.17) is 10.9 Å². The fourth-order valence-electron chi connectivity index (χ4n) is 1.20. The molecule has 1 fully saturated rings. The van der Waals surface area contributed by atoms with Gasteiger partial charge in [0.1, 0.15) is 5.84 Å². The third-order valence-electron chi connectivity index (χ3n) is 2.20. The standard InChI is InChI=1S/C9H18N4O2/c1-6(4-8(10)13-15)11-5-9(14)12-7-2-3-7/h6-7,11,15H,2-5H2,1H3,(H2,10,13)(H,12,14). The lowest BCUT2D eigenvalue weighted by atomic mass is 10.2. The smallest absolute Gasteiger partial charge is 0.234 e. The van der Waals surface area contributed by atoms with Crippen LogP contribution in [0.25, 0.3) is 0 Å². The van der Waals surface area contributed by atoms with E-state index in [9.17, 15) is 4.79 Å². The Morgan fingerprint density at radius 3 is 2.87 bits per heavy atom. The number of rotatable bonds is 6. The second-order valence-corrected chi connectivity index (χ2v) is 3.92. The summed E-state index contributed by atoms with van der Waals surface area (Å²) in [6.45, 7) is 2.15. The first-order valence-corrected chi connectivity index (χ1v) is 5.11. The molecule has 1 aliphatic rings. The van der Waals surface area contributed by atoms with Gasteiger partial charge in [0.2, 0.25) is 5.91 Å². The van der Waals surface area contributed by atoms with Gasteiger partial charge in [0.15, 0.2) is 0 Å². The molecule has 0 saturated heterocycles. The lowest BCUT2D eigenvalue weighted by Gasteiger charge is -2.12. The van der Waals surface area contributed by atoms with Crippen molar-refractivity contribution < 1.29 is 10.0 Å². The molecule has 5 N–H and O–H groups in total. The Morgan fingerprint density at radius 2 is 2.33 bits per heavy atom. The molecule has 0 aromatic carbocycles. The van der Waals surface area contributed by atoms with Gasteiger partial charge in [-0.1, -0.05) is 5.16 Å². The van der Waals surface area contributed by atoms with Crippen molar-refractivity contribution in [3.05, 3.63) is 0 Å². The van der Waals surface area contributed by atoms with Crippen molar-refractivity contribution in [2.45, 2.75) is 38.3 Å². The average molecular weight is 214 g/mol. The maximum Gasteiger partial charge on any atom is 0.234 e. The summed E-state index contributed by atoms with van der Waals surface area (Å²) < 4.78 is 0. The van der Waals surface area contributed by atoms with Crippen LogP contribution in [0, 0.1) is 0 Å². The largest absolute Gasteiger partial charge is 0.409 e. The highest BCUT2D eigenvalue weighted by molar-refractivity contribution is 5.80. The van der Waals surface area contributed by atoms with E-state index in [1.807, 2.05) is 6.92 Å². The Bertz CT molecular complexity index is 250. The van der Waals surface area contributed by atoms with E-state index < -0.39 is 0 Å². The molecular formula is C9H18N4O2. The normalized spacial score (nSPS) is 18.6. The topological polar surface area (TPSA) is 99.7 Å². The molecule has 0 radical (unpaired) electrons. The Balaban J connectivity index is 2.09. The first kappa shape index (κ1) is 11.8. The van der Waals surface area contributed by atoms with Crippen molar-refractivity contribution in [2.75, 3.05) is 6.54 Å². The Labute approximate surface area is 88.9 Å². The molecule has 1 amide bonds. The summed E-state index contributed by atoms with van der Waals surface area (Å²) in [5.74, 6) is 0.168. The van der Waals surface area contributed by atoms with Crippen molar-refractivity contribution >= 4 is 11.7 Å². The number of oxime groups is 1. The van der Waals surface area contributed by atoms with Gasteiger partial charge in [-0.15, -0.1) is 0 Å². The number of hydrogen-bond donors (Lipinski definition) is 4. The van der Waals surface area contributed by atoms with Crippen molar-refractivity contribution in [3.63, 3.8) is 0 Å². The van der Waals surface area contributed by atoms with Crippen molar-refractivity contribution in [2.24, 2.45) is 10.9 Å². The number of amides is 1. The molecule has 1 rings (SSSR count). The van der Waals surface area contributed by atoms with Crippen LogP contribution in [0.15, 0.2) is 5.16 Å². The third-order valence-corrected chi connectivity index (χ3v) is 2.20. The summed E-state index contributed by atoms with van der Waals surface area (Å²) in [5.41, 5.74) is 5.33. The number of carbonyl (C=O) groups excluding carboxylic acids is 1. The van der Waals surface area contributed by atoms with Gasteiger partial charge in [0.25, 0.3) is 0 Å². The van der Waals surface area contributed by atoms with Gasteiger partial charge < -0.3 is 21.6 Å². The van der Waals surface area contributed by atoms with Crippen LogP contribution in [0.3, 0.4) is 0 Å². The van der Waals surface area contributed by atoms with Crippen LogP contribution in [-0.4, -0.2) is 35.6 Å². The second-order valence-electron chi connectivity index (χ2n) is 3.92. The number of nitrogens with zero attached hydrogens (tertiary/aromatic N) is 1. The highest BCUT2D eigenvalue weighted by Gasteiger charge is 2.22. The monoisotopic (exact) mass is 214 g/mol. The highest BCUT2D eigenvalue weighted by Crippen LogP contribution is 2.18. The summed E-state index contributed by atoms with van der Waals surface area (Å²) in [6, 6.07) is 0.407. The van der Waals surface area contributed by atoms with Crippen molar-refractivity contribution in [1.82, 2.24) is 10.6 Å². The van der Waals surface area contributed by atoms with Crippen LogP contribution in [-0.2, 0) is 4.79 Å². The number of amidine groups is 1. The predicted molar refractivity (Wildman–Crippen MR) is 56.7 cm³/mol. The van der Waals surface area contributed by atoms with Gasteiger partial charge in [-0.2, -0.15) is 0 Å². The third kappa shape index (κ3) is 5.21. The van der Waals surface area contributed by atoms with Gasteiger partial charge in [-0.3, -0.25) is 4.79 Å². The molecule has 6 nitrogen and oxygen atoms in total. The van der Waals surface area contributed by atoms with E-state index in [0.29, 0.717) is 12.5 Å². The van der Waals surface area contributed by atoms with Crippen LogP contribution in [0.5, 0.6) is 0 Å². The number of nitrogens with two attached hydrogens (primary N) is 1. The molecule has 1 aliphatic carbocycles. The SMILES string of the molecule is CC(CC(N)=NO)NCC(=O)NC1CC1. The fourth-order valence-corrected chi connectivity index (χ4v) is 1.20. The van der Waals surface area contributed by atoms with Gasteiger partial charge in [0, 0.05) is 18.5 Å². The lowest BCUT2D eigenvalue weighted by Crippen LogP contribution is -2.40. The average Bonchev–Trinajstić information content (AvgIpc) is 2.98. The summed E-state index contributed by atoms with van der Waals surface area (Å²) in [4.78, 5) is 11.3. The van der Waals surface area contributed by atoms with E-state index in [1.54, 1.807) is 0 Å². The van der Waals surface area contributed by atoms with E-state index >= 15 is 0 Å². The minimum atomic E-state index is 0.00357. The maximum atomic E-state index is 11.3.